The van der Waals surface area contributed by atoms with Crippen LogP contribution in [0, 0.1) is 12.3 Å². The zero-order valence-corrected chi connectivity index (χ0v) is 15.3. The zero-order chi connectivity index (χ0) is 17.9. The van der Waals surface area contributed by atoms with E-state index < -0.39 is 5.41 Å². The van der Waals surface area contributed by atoms with E-state index in [-0.39, 0.29) is 17.9 Å². The van der Waals surface area contributed by atoms with E-state index in [0.717, 1.165) is 42.6 Å². The van der Waals surface area contributed by atoms with Gasteiger partial charge in [0.1, 0.15) is 5.75 Å². The molecule has 0 spiro atoms. The fourth-order valence-corrected chi connectivity index (χ4v) is 3.88. The van der Waals surface area contributed by atoms with Gasteiger partial charge >= 0.3 is 0 Å². The topological polar surface area (TPSA) is 67.8 Å². The molecule has 2 aliphatic rings. The molecular weight excluding hydrogens is 318 g/mol. The summed E-state index contributed by atoms with van der Waals surface area (Å²) in [6, 6.07) is 6.06. The Morgan fingerprint density at radius 2 is 2.00 bits per heavy atom. The van der Waals surface area contributed by atoms with Gasteiger partial charge in [0, 0.05) is 26.4 Å². The maximum absolute atomic E-state index is 13.0. The second-order valence-electron chi connectivity index (χ2n) is 7.54. The third-order valence-corrected chi connectivity index (χ3v) is 5.96. The predicted octanol–water partition coefficient (Wildman–Crippen LogP) is 2.33. The molecule has 1 heterocycles. The summed E-state index contributed by atoms with van der Waals surface area (Å²) in [5.41, 5.74) is 1.66. The van der Waals surface area contributed by atoms with Crippen LogP contribution in [-0.4, -0.2) is 44.5 Å². The highest BCUT2D eigenvalue weighted by atomic mass is 16.5. The average Bonchev–Trinajstić information content (AvgIpc) is 3.43. The molecule has 2 N–H and O–H groups in total. The number of rotatable bonds is 7. The summed E-state index contributed by atoms with van der Waals surface area (Å²) in [4.78, 5) is 13.0. The number of carbonyl (C=O) groups excluding carboxylic acids is 1. The van der Waals surface area contributed by atoms with Crippen molar-refractivity contribution in [3.63, 3.8) is 0 Å². The summed E-state index contributed by atoms with van der Waals surface area (Å²) >= 11 is 0. The lowest BCUT2D eigenvalue weighted by molar-refractivity contribution is -0.124. The number of methoxy groups -OCH3 is 1. The van der Waals surface area contributed by atoms with Gasteiger partial charge in [0.2, 0.25) is 5.91 Å². The van der Waals surface area contributed by atoms with Crippen LogP contribution in [0.4, 0.5) is 0 Å². The summed E-state index contributed by atoms with van der Waals surface area (Å²) in [5.74, 6) is 0.931. The van der Waals surface area contributed by atoms with Gasteiger partial charge in [-0.3, -0.25) is 4.79 Å². The average molecular weight is 347 g/mol. The molecule has 25 heavy (non-hydrogen) atoms. The molecule has 1 aliphatic heterocycles. The molecule has 2 fully saturated rings. The van der Waals surface area contributed by atoms with Gasteiger partial charge in [-0.15, -0.1) is 0 Å². The van der Waals surface area contributed by atoms with Crippen LogP contribution in [-0.2, 0) is 14.9 Å². The Kier molecular flexibility index (Phi) is 5.35. The minimum absolute atomic E-state index is 0.0380. The van der Waals surface area contributed by atoms with Crippen LogP contribution in [0.1, 0.15) is 43.2 Å². The number of hydrogen-bond donors (Lipinski definition) is 2. The Morgan fingerprint density at radius 3 is 2.60 bits per heavy atom. The molecule has 1 aromatic rings. The Labute approximate surface area is 149 Å². The van der Waals surface area contributed by atoms with E-state index in [0.29, 0.717) is 26.2 Å². The molecule has 5 nitrogen and oxygen atoms in total. The van der Waals surface area contributed by atoms with Crippen molar-refractivity contribution in [1.82, 2.24) is 5.32 Å². The maximum atomic E-state index is 13.0. The molecular formula is C20H29NO4. The van der Waals surface area contributed by atoms with Crippen molar-refractivity contribution in [2.24, 2.45) is 5.41 Å². The number of amides is 1. The highest BCUT2D eigenvalue weighted by Gasteiger charge is 2.51. The summed E-state index contributed by atoms with van der Waals surface area (Å²) in [7, 11) is 1.66. The van der Waals surface area contributed by atoms with Gasteiger partial charge in [-0.05, 0) is 61.6 Å². The first-order valence-corrected chi connectivity index (χ1v) is 9.17. The molecule has 1 aromatic carbocycles. The van der Waals surface area contributed by atoms with Crippen LogP contribution >= 0.6 is 0 Å². The summed E-state index contributed by atoms with van der Waals surface area (Å²) in [5, 5.41) is 12.6. The molecule has 138 valence electrons. The van der Waals surface area contributed by atoms with Crippen molar-refractivity contribution in [3.05, 3.63) is 29.3 Å². The standard InChI is InChI=1S/C20H29NO4/c1-15-3-4-16(13-17(15)24-2)20(5-6-20)18(23)21-14-19(7-10-22)8-11-25-12-9-19/h3-4,13,22H,5-12,14H2,1-2H3,(H,21,23). The number of hydrogen-bond acceptors (Lipinski definition) is 4. The molecule has 0 aromatic heterocycles. The lowest BCUT2D eigenvalue weighted by Gasteiger charge is -2.37. The number of ether oxygens (including phenoxy) is 2. The largest absolute Gasteiger partial charge is 0.496 e. The highest BCUT2D eigenvalue weighted by Crippen LogP contribution is 2.49. The number of benzene rings is 1. The molecule has 1 saturated heterocycles. The van der Waals surface area contributed by atoms with Crippen molar-refractivity contribution >= 4 is 5.91 Å². The van der Waals surface area contributed by atoms with Crippen LogP contribution < -0.4 is 10.1 Å². The molecule has 5 heteroatoms. The van der Waals surface area contributed by atoms with E-state index in [2.05, 4.69) is 5.32 Å². The minimum Gasteiger partial charge on any atom is -0.496 e. The van der Waals surface area contributed by atoms with Gasteiger partial charge < -0.3 is 19.9 Å². The number of carbonyl (C=O) groups is 1. The molecule has 3 rings (SSSR count). The Hall–Kier alpha value is -1.59. The summed E-state index contributed by atoms with van der Waals surface area (Å²) < 4.78 is 10.9. The third kappa shape index (κ3) is 3.67. The summed E-state index contributed by atoms with van der Waals surface area (Å²) in [6.07, 6.45) is 4.24. The van der Waals surface area contributed by atoms with E-state index in [1.54, 1.807) is 7.11 Å². The smallest absolute Gasteiger partial charge is 0.230 e. The fourth-order valence-electron chi connectivity index (χ4n) is 3.88. The van der Waals surface area contributed by atoms with Crippen LogP contribution in [0.2, 0.25) is 0 Å². The third-order valence-electron chi connectivity index (χ3n) is 5.96. The first kappa shape index (κ1) is 18.2. The monoisotopic (exact) mass is 347 g/mol. The van der Waals surface area contributed by atoms with Crippen LogP contribution in [0.3, 0.4) is 0 Å². The highest BCUT2D eigenvalue weighted by molar-refractivity contribution is 5.91. The number of nitrogens with one attached hydrogen (secondary N) is 1. The Morgan fingerprint density at radius 1 is 1.28 bits per heavy atom. The number of aryl methyl sites for hydroxylation is 1. The van der Waals surface area contributed by atoms with E-state index in [1.807, 2.05) is 25.1 Å². The summed E-state index contributed by atoms with van der Waals surface area (Å²) in [6.45, 7) is 4.18. The Balaban J connectivity index is 1.70. The molecule has 0 unspecified atom stereocenters. The normalized spacial score (nSPS) is 20.8. The molecule has 0 radical (unpaired) electrons. The van der Waals surface area contributed by atoms with Crippen LogP contribution in [0.15, 0.2) is 18.2 Å². The van der Waals surface area contributed by atoms with Crippen molar-refractivity contribution in [2.75, 3.05) is 33.5 Å². The van der Waals surface area contributed by atoms with Crippen molar-refractivity contribution < 1.29 is 19.4 Å². The van der Waals surface area contributed by atoms with E-state index in [9.17, 15) is 9.90 Å². The van der Waals surface area contributed by atoms with Crippen LogP contribution in [0.5, 0.6) is 5.75 Å². The maximum Gasteiger partial charge on any atom is 0.230 e. The van der Waals surface area contributed by atoms with Gasteiger partial charge in [-0.25, -0.2) is 0 Å². The van der Waals surface area contributed by atoms with E-state index >= 15 is 0 Å². The van der Waals surface area contributed by atoms with E-state index in [4.69, 9.17) is 9.47 Å². The van der Waals surface area contributed by atoms with Crippen molar-refractivity contribution in [3.8, 4) is 5.75 Å². The van der Waals surface area contributed by atoms with Gasteiger partial charge in [-0.2, -0.15) is 0 Å². The first-order valence-electron chi connectivity index (χ1n) is 9.17. The number of aliphatic hydroxyl groups excluding tert-OH is 1. The van der Waals surface area contributed by atoms with Gasteiger partial charge in [-0.1, -0.05) is 12.1 Å². The van der Waals surface area contributed by atoms with E-state index in [1.165, 1.54) is 0 Å². The number of aliphatic hydroxyl groups is 1. The zero-order valence-electron chi connectivity index (χ0n) is 15.3. The lowest BCUT2D eigenvalue weighted by Crippen LogP contribution is -2.45. The van der Waals surface area contributed by atoms with Gasteiger partial charge in [0.05, 0.1) is 12.5 Å². The minimum atomic E-state index is -0.410. The first-order chi connectivity index (χ1) is 12.1. The molecule has 1 aliphatic carbocycles. The lowest BCUT2D eigenvalue weighted by atomic mass is 9.77. The Bertz CT molecular complexity index is 613. The SMILES string of the molecule is COc1cc(C2(C(=O)NCC3(CCO)CCOCC3)CC2)ccc1C. The predicted molar refractivity (Wildman–Crippen MR) is 95.8 cm³/mol. The second kappa shape index (κ2) is 7.34. The second-order valence-corrected chi connectivity index (χ2v) is 7.54. The van der Waals surface area contributed by atoms with Crippen molar-refractivity contribution in [1.29, 1.82) is 0 Å². The molecule has 0 bridgehead atoms. The molecule has 1 saturated carbocycles. The molecule has 1 amide bonds. The van der Waals surface area contributed by atoms with Gasteiger partial charge in [0.25, 0.3) is 0 Å². The molecule has 0 atom stereocenters. The fraction of sp³-hybridized carbons (Fsp3) is 0.650. The van der Waals surface area contributed by atoms with Crippen LogP contribution in [0.25, 0.3) is 0 Å². The quantitative estimate of drug-likeness (QED) is 0.794. The van der Waals surface area contributed by atoms with Gasteiger partial charge in [0.15, 0.2) is 0 Å². The van der Waals surface area contributed by atoms with Crippen molar-refractivity contribution in [2.45, 2.75) is 44.4 Å².